The summed E-state index contributed by atoms with van der Waals surface area (Å²) in [6.45, 7) is 2.52. The van der Waals surface area contributed by atoms with E-state index in [-0.39, 0.29) is 5.78 Å². The minimum Gasteiger partial charge on any atom is -0.293 e. The van der Waals surface area contributed by atoms with Gasteiger partial charge in [-0.3, -0.25) is 9.48 Å². The molecule has 0 bridgehead atoms. The molecule has 64 valence electrons. The summed E-state index contributed by atoms with van der Waals surface area (Å²) in [6.07, 6.45) is 4.51. The van der Waals surface area contributed by atoms with Gasteiger partial charge < -0.3 is 0 Å². The number of carbonyl (C=O) groups is 1. The maximum Gasteiger partial charge on any atom is 0.179 e. The molecule has 12 heavy (non-hydrogen) atoms. The maximum atomic E-state index is 10.9. The highest BCUT2D eigenvalue weighted by Gasteiger charge is 2.22. The van der Waals surface area contributed by atoms with Gasteiger partial charge in [0.15, 0.2) is 5.78 Å². The fourth-order valence-corrected chi connectivity index (χ4v) is 1.22. The molecule has 2 rings (SSSR count). The van der Waals surface area contributed by atoms with E-state index in [1.54, 1.807) is 13.0 Å². The lowest BCUT2D eigenvalue weighted by molar-refractivity contribution is 0.101. The van der Waals surface area contributed by atoms with E-state index in [0.29, 0.717) is 5.69 Å². The predicted molar refractivity (Wildman–Crippen MR) is 45.0 cm³/mol. The van der Waals surface area contributed by atoms with Gasteiger partial charge >= 0.3 is 0 Å². The number of ketones is 1. The predicted octanol–water partition coefficient (Wildman–Crippen LogP) is 1.50. The van der Waals surface area contributed by atoms with Crippen LogP contribution in [-0.4, -0.2) is 15.6 Å². The molecule has 0 saturated heterocycles. The number of hydrogen-bond acceptors (Lipinski definition) is 2. The van der Waals surface area contributed by atoms with Crippen molar-refractivity contribution in [2.75, 3.05) is 0 Å². The molecule has 1 saturated carbocycles. The zero-order valence-corrected chi connectivity index (χ0v) is 7.16. The standard InChI is InChI=1S/C9H12N2O/c1-7(12)9-4-5-11(10-9)6-8-2-3-8/h4-5,8H,2-3,6H2,1H3. The molecule has 1 aliphatic rings. The van der Waals surface area contributed by atoms with Gasteiger partial charge in [-0.2, -0.15) is 5.10 Å². The fourth-order valence-electron chi connectivity index (χ4n) is 1.22. The van der Waals surface area contributed by atoms with Crippen LogP contribution in [0.25, 0.3) is 0 Å². The van der Waals surface area contributed by atoms with Crippen molar-refractivity contribution in [3.63, 3.8) is 0 Å². The van der Waals surface area contributed by atoms with E-state index in [1.807, 2.05) is 10.9 Å². The van der Waals surface area contributed by atoms with Gasteiger partial charge in [-0.25, -0.2) is 0 Å². The molecule has 3 heteroatoms. The molecule has 0 spiro atoms. The van der Waals surface area contributed by atoms with Crippen molar-refractivity contribution in [2.24, 2.45) is 5.92 Å². The molecule has 0 amide bonds. The summed E-state index contributed by atoms with van der Waals surface area (Å²) in [7, 11) is 0. The highest BCUT2D eigenvalue weighted by atomic mass is 16.1. The molecule has 1 aliphatic carbocycles. The van der Waals surface area contributed by atoms with Crippen molar-refractivity contribution in [1.29, 1.82) is 0 Å². The Balaban J connectivity index is 2.06. The minimum absolute atomic E-state index is 0.0459. The molecule has 0 atom stereocenters. The van der Waals surface area contributed by atoms with Gasteiger partial charge in [0.1, 0.15) is 5.69 Å². The zero-order valence-electron chi connectivity index (χ0n) is 7.16. The Morgan fingerprint density at radius 1 is 1.75 bits per heavy atom. The summed E-state index contributed by atoms with van der Waals surface area (Å²) >= 11 is 0. The third kappa shape index (κ3) is 1.55. The quantitative estimate of drug-likeness (QED) is 0.634. The summed E-state index contributed by atoms with van der Waals surface area (Å²) in [5.41, 5.74) is 0.579. The Bertz CT molecular complexity index is 299. The number of nitrogens with zero attached hydrogens (tertiary/aromatic N) is 2. The molecule has 1 fully saturated rings. The van der Waals surface area contributed by atoms with Gasteiger partial charge in [-0.15, -0.1) is 0 Å². The van der Waals surface area contributed by atoms with E-state index in [4.69, 9.17) is 0 Å². The van der Waals surface area contributed by atoms with Crippen molar-refractivity contribution in [2.45, 2.75) is 26.3 Å². The van der Waals surface area contributed by atoms with Crippen LogP contribution >= 0.6 is 0 Å². The van der Waals surface area contributed by atoms with Crippen LogP contribution in [0.3, 0.4) is 0 Å². The van der Waals surface area contributed by atoms with E-state index in [9.17, 15) is 4.79 Å². The van der Waals surface area contributed by atoms with E-state index in [2.05, 4.69) is 5.10 Å². The summed E-state index contributed by atoms with van der Waals surface area (Å²) in [5, 5.41) is 4.16. The monoisotopic (exact) mass is 164 g/mol. The van der Waals surface area contributed by atoms with Gasteiger partial charge in [0.05, 0.1) is 0 Å². The summed E-state index contributed by atoms with van der Waals surface area (Å²) in [5.74, 6) is 0.856. The van der Waals surface area contributed by atoms with Crippen LogP contribution in [0, 0.1) is 5.92 Å². The first-order valence-corrected chi connectivity index (χ1v) is 4.30. The van der Waals surface area contributed by atoms with E-state index >= 15 is 0 Å². The van der Waals surface area contributed by atoms with Crippen molar-refractivity contribution >= 4 is 5.78 Å². The average Bonchev–Trinajstić information content (AvgIpc) is 2.66. The van der Waals surface area contributed by atoms with Gasteiger partial charge in [0, 0.05) is 19.7 Å². The topological polar surface area (TPSA) is 34.9 Å². The number of Topliss-reactive ketones (excluding diaryl/α,β-unsaturated/α-hetero) is 1. The van der Waals surface area contributed by atoms with E-state index < -0.39 is 0 Å². The second kappa shape index (κ2) is 2.73. The molecule has 1 heterocycles. The van der Waals surface area contributed by atoms with Crippen LogP contribution in [0.2, 0.25) is 0 Å². The van der Waals surface area contributed by atoms with Gasteiger partial charge in [0.25, 0.3) is 0 Å². The molecule has 0 aliphatic heterocycles. The third-order valence-corrected chi connectivity index (χ3v) is 2.14. The molecule has 0 N–H and O–H groups in total. The second-order valence-electron chi connectivity index (χ2n) is 3.42. The van der Waals surface area contributed by atoms with E-state index in [1.165, 1.54) is 12.8 Å². The lowest BCUT2D eigenvalue weighted by atomic mass is 10.3. The summed E-state index contributed by atoms with van der Waals surface area (Å²) in [4.78, 5) is 10.9. The number of aromatic nitrogens is 2. The van der Waals surface area contributed by atoms with Crippen LogP contribution in [0.4, 0.5) is 0 Å². The number of rotatable bonds is 3. The highest BCUT2D eigenvalue weighted by molar-refractivity contribution is 5.91. The number of carbonyl (C=O) groups excluding carboxylic acids is 1. The molecule has 0 radical (unpaired) electrons. The Kier molecular flexibility index (Phi) is 1.71. The molecular weight excluding hydrogens is 152 g/mol. The van der Waals surface area contributed by atoms with E-state index in [0.717, 1.165) is 12.5 Å². The van der Waals surface area contributed by atoms with Gasteiger partial charge in [-0.1, -0.05) is 0 Å². The lowest BCUT2D eigenvalue weighted by Crippen LogP contribution is -2.02. The minimum atomic E-state index is 0.0459. The SMILES string of the molecule is CC(=O)c1ccn(CC2CC2)n1. The zero-order chi connectivity index (χ0) is 8.55. The second-order valence-corrected chi connectivity index (χ2v) is 3.42. The van der Waals surface area contributed by atoms with Gasteiger partial charge in [-0.05, 0) is 24.8 Å². The first kappa shape index (κ1) is 7.53. The first-order chi connectivity index (χ1) is 5.75. The number of hydrogen-bond donors (Lipinski definition) is 0. The first-order valence-electron chi connectivity index (χ1n) is 4.30. The normalized spacial score (nSPS) is 16.4. The molecule has 1 aromatic rings. The van der Waals surface area contributed by atoms with Crippen LogP contribution < -0.4 is 0 Å². The Morgan fingerprint density at radius 3 is 3.00 bits per heavy atom. The Morgan fingerprint density at radius 2 is 2.50 bits per heavy atom. The van der Waals surface area contributed by atoms with Crippen molar-refractivity contribution in [1.82, 2.24) is 9.78 Å². The lowest BCUT2D eigenvalue weighted by Gasteiger charge is -1.96. The molecule has 1 aromatic heterocycles. The molecule has 0 aromatic carbocycles. The maximum absolute atomic E-state index is 10.9. The largest absolute Gasteiger partial charge is 0.293 e. The van der Waals surface area contributed by atoms with Crippen molar-refractivity contribution < 1.29 is 4.79 Å². The average molecular weight is 164 g/mol. The fraction of sp³-hybridized carbons (Fsp3) is 0.556. The van der Waals surface area contributed by atoms with Gasteiger partial charge in [0.2, 0.25) is 0 Å². The molecule has 3 nitrogen and oxygen atoms in total. The smallest absolute Gasteiger partial charge is 0.179 e. The summed E-state index contributed by atoms with van der Waals surface area (Å²) in [6, 6.07) is 1.78. The van der Waals surface area contributed by atoms with Crippen LogP contribution in [0.15, 0.2) is 12.3 Å². The highest BCUT2D eigenvalue weighted by Crippen LogP contribution is 2.30. The Labute approximate surface area is 71.4 Å². The van der Waals surface area contributed by atoms with Crippen LogP contribution in [0.5, 0.6) is 0 Å². The molecular formula is C9H12N2O. The third-order valence-electron chi connectivity index (χ3n) is 2.14. The van der Waals surface area contributed by atoms with Crippen molar-refractivity contribution in [3.8, 4) is 0 Å². The van der Waals surface area contributed by atoms with Crippen LogP contribution in [0.1, 0.15) is 30.3 Å². The summed E-state index contributed by atoms with van der Waals surface area (Å²) < 4.78 is 1.87. The molecule has 0 unspecified atom stereocenters. The van der Waals surface area contributed by atoms with Crippen molar-refractivity contribution in [3.05, 3.63) is 18.0 Å². The van der Waals surface area contributed by atoms with Crippen LogP contribution in [-0.2, 0) is 6.54 Å². The Hall–Kier alpha value is -1.12.